The van der Waals surface area contributed by atoms with Gasteiger partial charge in [-0.15, -0.1) is 0 Å². The maximum Gasteiger partial charge on any atom is 0.162 e. The largest absolute Gasteiger partial charge is 0.372 e. The van der Waals surface area contributed by atoms with Crippen molar-refractivity contribution >= 4 is 5.82 Å². The maximum atomic E-state index is 4.95. The van der Waals surface area contributed by atoms with E-state index in [1.807, 2.05) is 73.8 Å². The quantitative estimate of drug-likeness (QED) is 0.533. The van der Waals surface area contributed by atoms with E-state index in [-0.39, 0.29) is 0 Å². The van der Waals surface area contributed by atoms with E-state index in [4.69, 9.17) is 9.97 Å². The van der Waals surface area contributed by atoms with Crippen LogP contribution < -0.4 is 5.32 Å². The second-order valence-electron chi connectivity index (χ2n) is 5.97. The first-order valence-corrected chi connectivity index (χ1v) is 8.63. The molecule has 3 aromatic carbocycles. The Morgan fingerprint density at radius 2 is 1.08 bits per heavy atom. The van der Waals surface area contributed by atoms with Crippen LogP contribution in [-0.2, 0) is 0 Å². The fraction of sp³-hybridized carbons (Fsp3) is 0.0435. The lowest BCUT2D eigenvalue weighted by atomic mass is 9.99. The topological polar surface area (TPSA) is 37.8 Å². The molecule has 0 unspecified atom stereocenters. The van der Waals surface area contributed by atoms with Gasteiger partial charge in [0.25, 0.3) is 0 Å². The van der Waals surface area contributed by atoms with E-state index in [0.29, 0.717) is 5.82 Å². The summed E-state index contributed by atoms with van der Waals surface area (Å²) in [5.41, 5.74) is 5.10. The van der Waals surface area contributed by atoms with E-state index in [1.54, 1.807) is 0 Å². The Labute approximate surface area is 153 Å². The molecule has 3 heteroatoms. The van der Waals surface area contributed by atoms with Gasteiger partial charge in [0, 0.05) is 18.2 Å². The van der Waals surface area contributed by atoms with Gasteiger partial charge in [0.1, 0.15) is 5.82 Å². The monoisotopic (exact) mass is 337 g/mol. The van der Waals surface area contributed by atoms with Gasteiger partial charge in [-0.05, 0) is 5.56 Å². The van der Waals surface area contributed by atoms with E-state index in [9.17, 15) is 0 Å². The van der Waals surface area contributed by atoms with E-state index < -0.39 is 0 Å². The highest BCUT2D eigenvalue weighted by molar-refractivity contribution is 5.89. The van der Waals surface area contributed by atoms with Crippen molar-refractivity contribution in [1.82, 2.24) is 9.97 Å². The zero-order chi connectivity index (χ0) is 17.8. The molecule has 0 radical (unpaired) electrons. The summed E-state index contributed by atoms with van der Waals surface area (Å²) in [6.45, 7) is 0. The van der Waals surface area contributed by atoms with Gasteiger partial charge in [-0.3, -0.25) is 0 Å². The SMILES string of the molecule is CNc1nc(-c2ccccc2)nc(-c2ccccc2)c1-c1ccccc1. The van der Waals surface area contributed by atoms with Crippen molar-refractivity contribution in [3.05, 3.63) is 91.0 Å². The minimum Gasteiger partial charge on any atom is -0.372 e. The van der Waals surface area contributed by atoms with Crippen LogP contribution in [0.25, 0.3) is 33.8 Å². The molecule has 1 heterocycles. The molecule has 0 atom stereocenters. The lowest BCUT2D eigenvalue weighted by molar-refractivity contribution is 1.17. The minimum atomic E-state index is 0.716. The first-order chi connectivity index (χ1) is 12.9. The molecule has 0 saturated heterocycles. The second-order valence-corrected chi connectivity index (χ2v) is 5.97. The summed E-state index contributed by atoms with van der Waals surface area (Å²) in [5, 5.41) is 3.26. The van der Waals surface area contributed by atoms with Gasteiger partial charge in [-0.2, -0.15) is 0 Å². The number of anilines is 1. The molecule has 3 nitrogen and oxygen atoms in total. The number of aromatic nitrogens is 2. The Bertz CT molecular complexity index is 998. The maximum absolute atomic E-state index is 4.95. The third-order valence-corrected chi connectivity index (χ3v) is 4.29. The third kappa shape index (κ3) is 3.07. The summed E-state index contributed by atoms with van der Waals surface area (Å²) < 4.78 is 0. The molecule has 4 rings (SSSR count). The predicted octanol–water partition coefficient (Wildman–Crippen LogP) is 5.52. The van der Waals surface area contributed by atoms with Crippen molar-refractivity contribution in [3.63, 3.8) is 0 Å². The second kappa shape index (κ2) is 7.19. The molecule has 0 bridgehead atoms. The summed E-state index contributed by atoms with van der Waals surface area (Å²) in [7, 11) is 1.90. The molecule has 0 spiro atoms. The van der Waals surface area contributed by atoms with Crippen LogP contribution in [0.2, 0.25) is 0 Å². The van der Waals surface area contributed by atoms with Gasteiger partial charge in [0.2, 0.25) is 0 Å². The zero-order valence-electron chi connectivity index (χ0n) is 14.6. The Morgan fingerprint density at radius 3 is 1.62 bits per heavy atom. The highest BCUT2D eigenvalue weighted by Crippen LogP contribution is 2.37. The van der Waals surface area contributed by atoms with Crippen LogP contribution in [0.4, 0.5) is 5.82 Å². The van der Waals surface area contributed by atoms with Crippen molar-refractivity contribution in [2.45, 2.75) is 0 Å². The fourth-order valence-corrected chi connectivity index (χ4v) is 3.04. The summed E-state index contributed by atoms with van der Waals surface area (Å²) in [6.07, 6.45) is 0. The average Bonchev–Trinajstić information content (AvgIpc) is 2.74. The van der Waals surface area contributed by atoms with Crippen molar-refractivity contribution in [2.24, 2.45) is 0 Å². The molecule has 0 aliphatic heterocycles. The normalized spacial score (nSPS) is 10.5. The number of rotatable bonds is 4. The van der Waals surface area contributed by atoms with Crippen LogP contribution in [0.15, 0.2) is 91.0 Å². The number of nitrogens with one attached hydrogen (secondary N) is 1. The van der Waals surface area contributed by atoms with Gasteiger partial charge < -0.3 is 5.32 Å². The fourth-order valence-electron chi connectivity index (χ4n) is 3.04. The van der Waals surface area contributed by atoms with Crippen molar-refractivity contribution in [1.29, 1.82) is 0 Å². The summed E-state index contributed by atoms with van der Waals surface area (Å²) >= 11 is 0. The molecule has 1 N–H and O–H groups in total. The van der Waals surface area contributed by atoms with Crippen molar-refractivity contribution in [3.8, 4) is 33.8 Å². The smallest absolute Gasteiger partial charge is 0.162 e. The predicted molar refractivity (Wildman–Crippen MR) is 108 cm³/mol. The Morgan fingerprint density at radius 1 is 0.577 bits per heavy atom. The van der Waals surface area contributed by atoms with Crippen LogP contribution >= 0.6 is 0 Å². The van der Waals surface area contributed by atoms with E-state index >= 15 is 0 Å². The molecule has 0 saturated carbocycles. The Kier molecular flexibility index (Phi) is 4.44. The summed E-state index contributed by atoms with van der Waals surface area (Å²) in [4.78, 5) is 9.75. The number of hydrogen-bond acceptors (Lipinski definition) is 3. The highest BCUT2D eigenvalue weighted by Gasteiger charge is 2.17. The molecule has 0 aliphatic rings. The highest BCUT2D eigenvalue weighted by atomic mass is 15.0. The van der Waals surface area contributed by atoms with E-state index in [0.717, 1.165) is 33.8 Å². The van der Waals surface area contributed by atoms with Gasteiger partial charge >= 0.3 is 0 Å². The number of hydrogen-bond donors (Lipinski definition) is 1. The molecule has 0 aliphatic carbocycles. The van der Waals surface area contributed by atoms with E-state index in [2.05, 4.69) is 29.6 Å². The summed E-state index contributed by atoms with van der Waals surface area (Å²) in [6, 6.07) is 30.6. The third-order valence-electron chi connectivity index (χ3n) is 4.29. The molecule has 126 valence electrons. The number of nitrogens with zero attached hydrogens (tertiary/aromatic N) is 2. The van der Waals surface area contributed by atoms with E-state index in [1.165, 1.54) is 0 Å². The zero-order valence-corrected chi connectivity index (χ0v) is 14.6. The lowest BCUT2D eigenvalue weighted by Crippen LogP contribution is -2.03. The van der Waals surface area contributed by atoms with Crippen LogP contribution in [0.5, 0.6) is 0 Å². The molecule has 1 aromatic heterocycles. The van der Waals surface area contributed by atoms with Gasteiger partial charge in [0.15, 0.2) is 5.82 Å². The first kappa shape index (κ1) is 16.0. The molecule has 26 heavy (non-hydrogen) atoms. The van der Waals surface area contributed by atoms with Crippen LogP contribution in [-0.4, -0.2) is 17.0 Å². The Hall–Kier alpha value is -3.46. The molecular weight excluding hydrogens is 318 g/mol. The van der Waals surface area contributed by atoms with Crippen LogP contribution in [0, 0.1) is 0 Å². The Balaban J connectivity index is 2.01. The van der Waals surface area contributed by atoms with Gasteiger partial charge in [0.05, 0.1) is 11.3 Å². The summed E-state index contributed by atoms with van der Waals surface area (Å²) in [5.74, 6) is 1.54. The molecule has 4 aromatic rings. The standard InChI is InChI=1S/C23H19N3/c1-24-23-20(17-11-5-2-6-12-17)21(18-13-7-3-8-14-18)25-22(26-23)19-15-9-4-10-16-19/h2-16H,1H3,(H,24,25,26). The molecule has 0 amide bonds. The first-order valence-electron chi connectivity index (χ1n) is 8.63. The number of benzene rings is 3. The average molecular weight is 337 g/mol. The lowest BCUT2D eigenvalue weighted by Gasteiger charge is -2.16. The van der Waals surface area contributed by atoms with Gasteiger partial charge in [-0.1, -0.05) is 91.0 Å². The van der Waals surface area contributed by atoms with Crippen molar-refractivity contribution in [2.75, 3.05) is 12.4 Å². The molecular formula is C23H19N3. The molecule has 0 fully saturated rings. The van der Waals surface area contributed by atoms with Crippen molar-refractivity contribution < 1.29 is 0 Å². The van der Waals surface area contributed by atoms with Crippen LogP contribution in [0.3, 0.4) is 0 Å². The minimum absolute atomic E-state index is 0.716. The van der Waals surface area contributed by atoms with Crippen LogP contribution in [0.1, 0.15) is 0 Å². The van der Waals surface area contributed by atoms with Gasteiger partial charge in [-0.25, -0.2) is 9.97 Å².